The van der Waals surface area contributed by atoms with Crippen molar-refractivity contribution in [3.05, 3.63) is 77.0 Å². The van der Waals surface area contributed by atoms with Gasteiger partial charge in [-0.3, -0.25) is 9.69 Å². The van der Waals surface area contributed by atoms with E-state index in [1.807, 2.05) is 36.9 Å². The van der Waals surface area contributed by atoms with E-state index in [1.165, 1.54) is 17.3 Å². The fourth-order valence-electron chi connectivity index (χ4n) is 3.57. The maximum absolute atomic E-state index is 12.8. The number of piperazine rings is 1. The zero-order chi connectivity index (χ0) is 20.9. The van der Waals surface area contributed by atoms with Gasteiger partial charge in [-0.15, -0.1) is 0 Å². The molecule has 156 valence electrons. The van der Waals surface area contributed by atoms with Gasteiger partial charge in [-0.2, -0.15) is 0 Å². The Morgan fingerprint density at radius 2 is 1.70 bits per heavy atom. The molecule has 0 radical (unpaired) electrons. The largest absolute Gasteiger partial charge is 0.455 e. The van der Waals surface area contributed by atoms with E-state index in [1.54, 1.807) is 6.07 Å². The van der Waals surface area contributed by atoms with Gasteiger partial charge in [0.2, 0.25) is 0 Å². The quantitative estimate of drug-likeness (QED) is 0.443. The molecule has 6 nitrogen and oxygen atoms in total. The van der Waals surface area contributed by atoms with E-state index >= 15 is 0 Å². The number of nitrogens with zero attached hydrogens (tertiary/aromatic N) is 4. The van der Waals surface area contributed by atoms with Gasteiger partial charge in [0.1, 0.15) is 5.76 Å². The van der Waals surface area contributed by atoms with Crippen molar-refractivity contribution in [1.82, 2.24) is 19.8 Å². The summed E-state index contributed by atoms with van der Waals surface area (Å²) in [5, 5.41) is 0.728. The molecule has 2 aromatic heterocycles. The minimum absolute atomic E-state index is 0.0340. The van der Waals surface area contributed by atoms with E-state index in [9.17, 15) is 4.79 Å². The molecule has 3 aromatic rings. The summed E-state index contributed by atoms with van der Waals surface area (Å²) in [6.07, 6.45) is 0. The predicted molar refractivity (Wildman–Crippen MR) is 117 cm³/mol. The summed E-state index contributed by atoms with van der Waals surface area (Å²) in [4.78, 5) is 25.9. The average molecular weight is 423 g/mol. The smallest absolute Gasteiger partial charge is 0.289 e. The second kappa shape index (κ2) is 9.45. The van der Waals surface area contributed by atoms with Crippen molar-refractivity contribution >= 4 is 17.7 Å². The topological polar surface area (TPSA) is 62.5 Å². The molecule has 0 aliphatic carbocycles. The molecule has 0 atom stereocenters. The molecule has 1 amide bonds. The average Bonchev–Trinajstić information content (AvgIpc) is 3.21. The lowest BCUT2D eigenvalue weighted by Gasteiger charge is -2.34. The van der Waals surface area contributed by atoms with Crippen molar-refractivity contribution < 1.29 is 9.21 Å². The number of carbonyl (C=O) groups is 1. The van der Waals surface area contributed by atoms with Crippen LogP contribution in [-0.4, -0.2) is 51.9 Å². The SMILES string of the molecule is Cc1cc(C)nc(SCc2ccc(C(=O)N3CCN(Cc4ccccc4)CC3)o2)n1. The number of hydrogen-bond acceptors (Lipinski definition) is 6. The van der Waals surface area contributed by atoms with Crippen LogP contribution in [-0.2, 0) is 12.3 Å². The van der Waals surface area contributed by atoms with Crippen molar-refractivity contribution in [3.8, 4) is 0 Å². The van der Waals surface area contributed by atoms with E-state index in [2.05, 4.69) is 39.1 Å². The number of rotatable bonds is 6. The molecule has 1 fully saturated rings. The maximum atomic E-state index is 12.8. The zero-order valence-corrected chi connectivity index (χ0v) is 18.2. The number of carbonyl (C=O) groups excluding carboxylic acids is 1. The van der Waals surface area contributed by atoms with Gasteiger partial charge in [0, 0.05) is 44.1 Å². The highest BCUT2D eigenvalue weighted by atomic mass is 32.2. The van der Waals surface area contributed by atoms with E-state index < -0.39 is 0 Å². The standard InChI is InChI=1S/C23H26N4O2S/c1-17-14-18(2)25-23(24-17)30-16-20-8-9-21(29-20)22(28)27-12-10-26(11-13-27)15-19-6-4-3-5-7-19/h3-9,14H,10-13,15-16H2,1-2H3. The summed E-state index contributed by atoms with van der Waals surface area (Å²) in [6, 6.07) is 16.0. The number of hydrogen-bond donors (Lipinski definition) is 0. The molecule has 0 spiro atoms. The first-order chi connectivity index (χ1) is 14.6. The van der Waals surface area contributed by atoms with Crippen LogP contribution < -0.4 is 0 Å². The number of furan rings is 1. The Balaban J connectivity index is 1.29. The lowest BCUT2D eigenvalue weighted by atomic mass is 10.2. The van der Waals surface area contributed by atoms with Gasteiger partial charge in [-0.05, 0) is 37.6 Å². The second-order valence-corrected chi connectivity index (χ2v) is 8.48. The molecule has 3 heterocycles. The molecule has 4 rings (SSSR count). The highest BCUT2D eigenvalue weighted by Crippen LogP contribution is 2.22. The first kappa shape index (κ1) is 20.6. The summed E-state index contributed by atoms with van der Waals surface area (Å²) >= 11 is 1.52. The Morgan fingerprint density at radius 1 is 1.00 bits per heavy atom. The van der Waals surface area contributed by atoms with Gasteiger partial charge in [0.05, 0.1) is 5.75 Å². The van der Waals surface area contributed by atoms with Crippen molar-refractivity contribution in [1.29, 1.82) is 0 Å². The molecule has 1 aromatic carbocycles. The van der Waals surface area contributed by atoms with Crippen LogP contribution in [0.1, 0.15) is 33.3 Å². The van der Waals surface area contributed by atoms with E-state index in [0.29, 0.717) is 24.6 Å². The number of benzene rings is 1. The highest BCUT2D eigenvalue weighted by Gasteiger charge is 2.24. The maximum Gasteiger partial charge on any atom is 0.289 e. The number of aryl methyl sites for hydroxylation is 2. The normalized spacial score (nSPS) is 14.8. The van der Waals surface area contributed by atoms with Gasteiger partial charge in [-0.1, -0.05) is 42.1 Å². The lowest BCUT2D eigenvalue weighted by Crippen LogP contribution is -2.48. The van der Waals surface area contributed by atoms with Gasteiger partial charge in [-0.25, -0.2) is 9.97 Å². The van der Waals surface area contributed by atoms with Gasteiger partial charge >= 0.3 is 0 Å². The van der Waals surface area contributed by atoms with Crippen LogP contribution in [0.5, 0.6) is 0 Å². The van der Waals surface area contributed by atoms with Gasteiger partial charge < -0.3 is 9.32 Å². The first-order valence-electron chi connectivity index (χ1n) is 10.2. The summed E-state index contributed by atoms with van der Waals surface area (Å²) in [5.41, 5.74) is 3.21. The Kier molecular flexibility index (Phi) is 6.50. The molecule has 1 aliphatic heterocycles. The van der Waals surface area contributed by atoms with Crippen LogP contribution in [0.15, 0.2) is 58.1 Å². The number of thioether (sulfide) groups is 1. The highest BCUT2D eigenvalue weighted by molar-refractivity contribution is 7.98. The Hall–Kier alpha value is -2.64. The van der Waals surface area contributed by atoms with Gasteiger partial charge in [0.15, 0.2) is 10.9 Å². The second-order valence-electron chi connectivity index (χ2n) is 7.54. The minimum atomic E-state index is -0.0340. The third-order valence-electron chi connectivity index (χ3n) is 5.09. The summed E-state index contributed by atoms with van der Waals surface area (Å²) in [5.74, 6) is 1.73. The Bertz CT molecular complexity index is 977. The fourth-order valence-corrected chi connectivity index (χ4v) is 4.41. The molecule has 30 heavy (non-hydrogen) atoms. The number of amides is 1. The van der Waals surface area contributed by atoms with Crippen molar-refractivity contribution in [3.63, 3.8) is 0 Å². The molecular weight excluding hydrogens is 396 g/mol. The van der Waals surface area contributed by atoms with Crippen molar-refractivity contribution in [2.45, 2.75) is 31.3 Å². The summed E-state index contributed by atoms with van der Waals surface area (Å²) in [6.45, 7) is 8.01. The third-order valence-corrected chi connectivity index (χ3v) is 5.96. The van der Waals surface area contributed by atoms with Crippen LogP contribution in [0.2, 0.25) is 0 Å². The Labute approximate surface area is 181 Å². The molecule has 0 saturated carbocycles. The van der Waals surface area contributed by atoms with Crippen LogP contribution >= 0.6 is 11.8 Å². The fraction of sp³-hybridized carbons (Fsp3) is 0.348. The molecule has 1 aliphatic rings. The minimum Gasteiger partial charge on any atom is -0.455 e. The lowest BCUT2D eigenvalue weighted by molar-refractivity contribution is 0.0596. The number of aromatic nitrogens is 2. The summed E-state index contributed by atoms with van der Waals surface area (Å²) < 4.78 is 5.82. The van der Waals surface area contributed by atoms with Crippen LogP contribution in [0.25, 0.3) is 0 Å². The zero-order valence-electron chi connectivity index (χ0n) is 17.4. The van der Waals surface area contributed by atoms with Gasteiger partial charge in [0.25, 0.3) is 5.91 Å². The van der Waals surface area contributed by atoms with Crippen LogP contribution in [0.4, 0.5) is 0 Å². The van der Waals surface area contributed by atoms with E-state index in [-0.39, 0.29) is 5.91 Å². The van der Waals surface area contributed by atoms with Crippen molar-refractivity contribution in [2.75, 3.05) is 26.2 Å². The molecule has 7 heteroatoms. The monoisotopic (exact) mass is 422 g/mol. The van der Waals surface area contributed by atoms with Crippen LogP contribution in [0.3, 0.4) is 0 Å². The molecule has 0 unspecified atom stereocenters. The molecular formula is C23H26N4O2S. The Morgan fingerprint density at radius 3 is 2.40 bits per heavy atom. The third kappa shape index (κ3) is 5.29. The summed E-state index contributed by atoms with van der Waals surface area (Å²) in [7, 11) is 0. The van der Waals surface area contributed by atoms with E-state index in [4.69, 9.17) is 4.42 Å². The van der Waals surface area contributed by atoms with E-state index in [0.717, 1.165) is 41.9 Å². The predicted octanol–water partition coefficient (Wildman–Crippen LogP) is 3.94. The van der Waals surface area contributed by atoms with Crippen molar-refractivity contribution in [2.24, 2.45) is 0 Å². The first-order valence-corrected chi connectivity index (χ1v) is 11.1. The molecule has 1 saturated heterocycles. The molecule has 0 bridgehead atoms. The van der Waals surface area contributed by atoms with Crippen LogP contribution in [0, 0.1) is 13.8 Å². The molecule has 0 N–H and O–H groups in total.